The summed E-state index contributed by atoms with van der Waals surface area (Å²) in [6.07, 6.45) is 6.05. The van der Waals surface area contributed by atoms with Gasteiger partial charge in [0.1, 0.15) is 5.82 Å². The summed E-state index contributed by atoms with van der Waals surface area (Å²) in [5.41, 5.74) is 10.2. The van der Waals surface area contributed by atoms with Gasteiger partial charge >= 0.3 is 0 Å². The molecule has 1 atom stereocenters. The van der Waals surface area contributed by atoms with E-state index in [-0.39, 0.29) is 17.7 Å². The largest absolute Gasteiger partial charge is 0.411 e. The maximum atomic E-state index is 13.9. The van der Waals surface area contributed by atoms with Crippen LogP contribution in [0.15, 0.2) is 54.1 Å². The molecule has 0 fully saturated rings. The average Bonchev–Trinajstić information content (AvgIpc) is 2.67. The van der Waals surface area contributed by atoms with Crippen LogP contribution in [0.5, 0.6) is 0 Å². The number of rotatable bonds is 2. The second-order valence-corrected chi connectivity index (χ2v) is 6.21. The molecule has 2 heterocycles. The molecule has 2 aromatic heterocycles. The van der Waals surface area contributed by atoms with Gasteiger partial charge in [-0.2, -0.15) is 0 Å². The molecule has 0 spiro atoms. The standard InChI is InChI=1S/C19H16FN5O/c20-13-3-4-14(15(8-13)11-2-1-5-22-9-11)12-6-17-16(18(7-12)25-26)10-23-19(21)24-17/h1-5,8-10,12,26H,6-7H2,(H2,21,23,24). The maximum Gasteiger partial charge on any atom is 0.220 e. The third-order valence-electron chi connectivity index (χ3n) is 4.63. The van der Waals surface area contributed by atoms with E-state index in [1.54, 1.807) is 24.7 Å². The van der Waals surface area contributed by atoms with Gasteiger partial charge in [0.05, 0.1) is 11.4 Å². The molecule has 0 saturated heterocycles. The van der Waals surface area contributed by atoms with Crippen LogP contribution in [-0.2, 0) is 6.42 Å². The predicted molar refractivity (Wildman–Crippen MR) is 95.5 cm³/mol. The van der Waals surface area contributed by atoms with Crippen molar-refractivity contribution in [2.24, 2.45) is 5.16 Å². The van der Waals surface area contributed by atoms with Gasteiger partial charge in [-0.3, -0.25) is 4.98 Å². The molecule has 3 N–H and O–H groups in total. The SMILES string of the molecule is Nc1ncc2c(n1)CC(c1ccc(F)cc1-c1cccnc1)CC2=NO. The monoisotopic (exact) mass is 349 g/mol. The van der Waals surface area contributed by atoms with Gasteiger partial charge in [0.15, 0.2) is 0 Å². The van der Waals surface area contributed by atoms with Crippen molar-refractivity contribution in [3.63, 3.8) is 0 Å². The Hall–Kier alpha value is -3.35. The molecule has 26 heavy (non-hydrogen) atoms. The van der Waals surface area contributed by atoms with Crippen LogP contribution in [0, 0.1) is 5.82 Å². The Morgan fingerprint density at radius 1 is 1.15 bits per heavy atom. The number of fused-ring (bicyclic) bond motifs is 1. The Morgan fingerprint density at radius 3 is 2.81 bits per heavy atom. The van der Waals surface area contributed by atoms with E-state index >= 15 is 0 Å². The average molecular weight is 349 g/mol. The number of benzene rings is 1. The van der Waals surface area contributed by atoms with Crippen LogP contribution in [0.2, 0.25) is 0 Å². The van der Waals surface area contributed by atoms with Gasteiger partial charge in [-0.15, -0.1) is 0 Å². The van der Waals surface area contributed by atoms with Gasteiger partial charge in [-0.05, 0) is 41.7 Å². The van der Waals surface area contributed by atoms with Crippen LogP contribution in [-0.4, -0.2) is 25.9 Å². The van der Waals surface area contributed by atoms with E-state index < -0.39 is 0 Å². The van der Waals surface area contributed by atoms with Crippen LogP contribution >= 0.6 is 0 Å². The molecule has 3 aromatic rings. The van der Waals surface area contributed by atoms with Crippen molar-refractivity contribution in [1.29, 1.82) is 0 Å². The number of hydrogen-bond acceptors (Lipinski definition) is 6. The summed E-state index contributed by atoms with van der Waals surface area (Å²) in [5, 5.41) is 12.9. The highest BCUT2D eigenvalue weighted by molar-refractivity contribution is 6.02. The summed E-state index contributed by atoms with van der Waals surface area (Å²) in [7, 11) is 0. The minimum atomic E-state index is -0.313. The molecular formula is C19H16FN5O. The van der Waals surface area contributed by atoms with Gasteiger partial charge in [0.2, 0.25) is 5.95 Å². The first-order valence-corrected chi connectivity index (χ1v) is 8.18. The molecule has 4 rings (SSSR count). The van der Waals surface area contributed by atoms with Crippen molar-refractivity contribution in [3.05, 3.63) is 71.6 Å². The second kappa shape index (κ2) is 6.51. The zero-order valence-corrected chi connectivity index (χ0v) is 13.8. The second-order valence-electron chi connectivity index (χ2n) is 6.21. The Morgan fingerprint density at radius 2 is 2.04 bits per heavy atom. The van der Waals surface area contributed by atoms with Crippen LogP contribution in [0.4, 0.5) is 10.3 Å². The van der Waals surface area contributed by atoms with Crippen molar-refractivity contribution in [2.45, 2.75) is 18.8 Å². The van der Waals surface area contributed by atoms with Crippen LogP contribution in [0.3, 0.4) is 0 Å². The lowest BCUT2D eigenvalue weighted by atomic mass is 9.79. The molecule has 0 saturated carbocycles. The van der Waals surface area contributed by atoms with Gasteiger partial charge in [-0.1, -0.05) is 17.3 Å². The number of halogens is 1. The molecule has 0 aliphatic heterocycles. The molecule has 1 aromatic carbocycles. The van der Waals surface area contributed by atoms with E-state index in [1.165, 1.54) is 12.1 Å². The number of aromatic nitrogens is 3. The minimum Gasteiger partial charge on any atom is -0.411 e. The maximum absolute atomic E-state index is 13.9. The van der Waals surface area contributed by atoms with E-state index in [1.807, 2.05) is 12.1 Å². The highest BCUT2D eigenvalue weighted by atomic mass is 19.1. The Balaban J connectivity index is 1.82. The molecule has 130 valence electrons. The fraction of sp³-hybridized carbons (Fsp3) is 0.158. The van der Waals surface area contributed by atoms with Crippen LogP contribution in [0.1, 0.15) is 29.2 Å². The van der Waals surface area contributed by atoms with Gasteiger partial charge in [0, 0.05) is 36.1 Å². The first-order chi connectivity index (χ1) is 12.7. The van der Waals surface area contributed by atoms with Gasteiger partial charge in [0.25, 0.3) is 0 Å². The van der Waals surface area contributed by atoms with Crippen molar-refractivity contribution in [2.75, 3.05) is 5.73 Å². The molecule has 0 radical (unpaired) electrons. The summed E-state index contributed by atoms with van der Waals surface area (Å²) in [6, 6.07) is 8.42. The number of nitrogens with zero attached hydrogens (tertiary/aromatic N) is 4. The topological polar surface area (TPSA) is 97.3 Å². The van der Waals surface area contributed by atoms with Crippen LogP contribution in [0.25, 0.3) is 11.1 Å². The van der Waals surface area contributed by atoms with Gasteiger partial charge in [-0.25, -0.2) is 14.4 Å². The summed E-state index contributed by atoms with van der Waals surface area (Å²) in [5.74, 6) is -0.168. The molecule has 7 heteroatoms. The van der Waals surface area contributed by atoms with E-state index in [0.717, 1.165) is 22.4 Å². The lowest BCUT2D eigenvalue weighted by Gasteiger charge is -2.26. The molecular weight excluding hydrogens is 333 g/mol. The Kier molecular flexibility index (Phi) is 4.04. The number of pyridine rings is 1. The van der Waals surface area contributed by atoms with Crippen molar-refractivity contribution >= 4 is 11.7 Å². The quantitative estimate of drug-likeness (QED) is 0.547. The zero-order valence-electron chi connectivity index (χ0n) is 13.8. The smallest absolute Gasteiger partial charge is 0.220 e. The first kappa shape index (κ1) is 16.1. The Labute approximate surface area is 149 Å². The highest BCUT2D eigenvalue weighted by Crippen LogP contribution is 2.37. The number of oxime groups is 1. The fourth-order valence-corrected chi connectivity index (χ4v) is 3.45. The number of hydrogen-bond donors (Lipinski definition) is 2. The summed E-state index contributed by atoms with van der Waals surface area (Å²) >= 11 is 0. The number of nitrogens with two attached hydrogens (primary N) is 1. The van der Waals surface area contributed by atoms with Crippen molar-refractivity contribution < 1.29 is 9.60 Å². The summed E-state index contributed by atoms with van der Waals surface area (Å²) < 4.78 is 13.9. The van der Waals surface area contributed by atoms with Crippen LogP contribution < -0.4 is 5.73 Å². The predicted octanol–water partition coefficient (Wildman–Crippen LogP) is 3.17. The van der Waals surface area contributed by atoms with Crippen molar-refractivity contribution in [1.82, 2.24) is 15.0 Å². The minimum absolute atomic E-state index is 0.0292. The molecule has 1 unspecified atom stereocenters. The molecule has 1 aliphatic rings. The lowest BCUT2D eigenvalue weighted by molar-refractivity contribution is 0.316. The fourth-order valence-electron chi connectivity index (χ4n) is 3.45. The Bertz CT molecular complexity index is 990. The molecule has 0 bridgehead atoms. The third-order valence-corrected chi connectivity index (χ3v) is 4.63. The van der Waals surface area contributed by atoms with Crippen molar-refractivity contribution in [3.8, 4) is 11.1 Å². The number of nitrogen functional groups attached to an aromatic ring is 1. The highest BCUT2D eigenvalue weighted by Gasteiger charge is 2.29. The summed E-state index contributed by atoms with van der Waals surface area (Å²) in [4.78, 5) is 12.4. The summed E-state index contributed by atoms with van der Waals surface area (Å²) in [6.45, 7) is 0. The molecule has 6 nitrogen and oxygen atoms in total. The lowest BCUT2D eigenvalue weighted by Crippen LogP contribution is -2.22. The van der Waals surface area contributed by atoms with E-state index in [2.05, 4.69) is 20.1 Å². The van der Waals surface area contributed by atoms with E-state index in [4.69, 9.17) is 5.73 Å². The first-order valence-electron chi connectivity index (χ1n) is 8.18. The molecule has 1 aliphatic carbocycles. The van der Waals surface area contributed by atoms with E-state index in [0.29, 0.717) is 24.1 Å². The van der Waals surface area contributed by atoms with E-state index in [9.17, 15) is 9.60 Å². The zero-order chi connectivity index (χ0) is 18.1. The normalized spacial score (nSPS) is 17.9. The number of anilines is 1. The third kappa shape index (κ3) is 2.88. The van der Waals surface area contributed by atoms with Gasteiger partial charge < -0.3 is 10.9 Å². The molecule has 0 amide bonds.